The smallest absolute Gasteiger partial charge is 0.318 e. The van der Waals surface area contributed by atoms with Gasteiger partial charge in [0.2, 0.25) is 5.91 Å². The molecule has 0 aliphatic rings. The first kappa shape index (κ1) is 11.4. The zero-order chi connectivity index (χ0) is 10.4. The Morgan fingerprint density at radius 1 is 1.46 bits per heavy atom. The number of carbonyl (C=O) groups excluding carboxylic acids is 2. The molecule has 0 aromatic heterocycles. The number of nitrogens with two attached hydrogens (primary N) is 1. The average Bonchev–Trinajstić information content (AvgIpc) is 1.98. The van der Waals surface area contributed by atoms with Crippen molar-refractivity contribution in [1.29, 1.82) is 0 Å². The van der Waals surface area contributed by atoms with E-state index in [1.54, 1.807) is 0 Å². The normalized spacial score (nSPS) is 11.8. The van der Waals surface area contributed by atoms with Crippen LogP contribution in [0.4, 0.5) is 4.79 Å². The number of carboxylic acid groups (broad SMARTS) is 1. The van der Waals surface area contributed by atoms with Crippen molar-refractivity contribution in [3.63, 3.8) is 0 Å². The van der Waals surface area contributed by atoms with Crippen molar-refractivity contribution in [3.8, 4) is 0 Å². The highest BCUT2D eigenvalue weighted by molar-refractivity contribution is 5.96. The van der Waals surface area contributed by atoms with E-state index in [1.165, 1.54) is 6.92 Å². The summed E-state index contributed by atoms with van der Waals surface area (Å²) in [5, 5.41) is 12.4. The third-order valence-corrected chi connectivity index (χ3v) is 1.20. The first-order chi connectivity index (χ1) is 5.93. The van der Waals surface area contributed by atoms with Crippen LogP contribution in [-0.2, 0) is 9.59 Å². The van der Waals surface area contributed by atoms with Gasteiger partial charge in [-0.1, -0.05) is 0 Å². The standard InChI is InChI=1S/C6H11N3O4/c1-3(8-2-4(10)11)5(12)9-6(7)13/h3,8H,2H2,1H3,(H,10,11)(H3,7,9,12,13). The van der Waals surface area contributed by atoms with E-state index in [1.807, 2.05) is 5.32 Å². The van der Waals surface area contributed by atoms with Crippen LogP contribution in [0.5, 0.6) is 0 Å². The van der Waals surface area contributed by atoms with Crippen LogP contribution in [-0.4, -0.2) is 35.6 Å². The molecule has 7 nitrogen and oxygen atoms in total. The van der Waals surface area contributed by atoms with Gasteiger partial charge in [0.15, 0.2) is 0 Å². The number of imide groups is 1. The topological polar surface area (TPSA) is 122 Å². The summed E-state index contributed by atoms with van der Waals surface area (Å²) in [6.45, 7) is 1.06. The Bertz CT molecular complexity index is 228. The lowest BCUT2D eigenvalue weighted by Crippen LogP contribution is -2.47. The predicted octanol–water partition coefficient (Wildman–Crippen LogP) is -1.76. The van der Waals surface area contributed by atoms with Crippen molar-refractivity contribution < 1.29 is 19.5 Å². The van der Waals surface area contributed by atoms with Gasteiger partial charge in [0, 0.05) is 0 Å². The van der Waals surface area contributed by atoms with Crippen molar-refractivity contribution in [1.82, 2.24) is 10.6 Å². The Morgan fingerprint density at radius 3 is 2.38 bits per heavy atom. The van der Waals surface area contributed by atoms with Gasteiger partial charge in [0.1, 0.15) is 0 Å². The number of rotatable bonds is 4. The zero-order valence-corrected chi connectivity index (χ0v) is 7.03. The summed E-state index contributed by atoms with van der Waals surface area (Å²) in [6.07, 6.45) is 0. The first-order valence-electron chi connectivity index (χ1n) is 3.49. The second kappa shape index (κ2) is 5.09. The Kier molecular flexibility index (Phi) is 4.45. The molecule has 1 atom stereocenters. The van der Waals surface area contributed by atoms with Gasteiger partial charge >= 0.3 is 12.0 Å². The largest absolute Gasteiger partial charge is 0.480 e. The molecule has 0 rings (SSSR count). The van der Waals surface area contributed by atoms with Crippen molar-refractivity contribution in [2.45, 2.75) is 13.0 Å². The molecule has 0 radical (unpaired) electrons. The molecule has 7 heteroatoms. The molecule has 0 saturated heterocycles. The van der Waals surface area contributed by atoms with Crippen LogP contribution >= 0.6 is 0 Å². The maximum atomic E-state index is 10.9. The number of hydrogen-bond donors (Lipinski definition) is 4. The van der Waals surface area contributed by atoms with Crippen LogP contribution in [0.3, 0.4) is 0 Å². The van der Waals surface area contributed by atoms with E-state index >= 15 is 0 Å². The van der Waals surface area contributed by atoms with E-state index in [0.29, 0.717) is 0 Å². The van der Waals surface area contributed by atoms with Crippen LogP contribution < -0.4 is 16.4 Å². The summed E-state index contributed by atoms with van der Waals surface area (Å²) in [4.78, 5) is 31.2. The molecule has 0 fully saturated rings. The highest BCUT2D eigenvalue weighted by Crippen LogP contribution is 1.80. The number of primary amides is 1. The Hall–Kier alpha value is -1.63. The van der Waals surface area contributed by atoms with E-state index in [9.17, 15) is 14.4 Å². The van der Waals surface area contributed by atoms with Crippen LogP contribution in [0, 0.1) is 0 Å². The van der Waals surface area contributed by atoms with Crippen molar-refractivity contribution in [3.05, 3.63) is 0 Å². The fraction of sp³-hybridized carbons (Fsp3) is 0.500. The number of urea groups is 1. The number of carbonyl (C=O) groups is 3. The minimum atomic E-state index is -1.08. The van der Waals surface area contributed by atoms with Gasteiger partial charge in [0.05, 0.1) is 12.6 Å². The van der Waals surface area contributed by atoms with E-state index in [2.05, 4.69) is 11.1 Å². The lowest BCUT2D eigenvalue weighted by Gasteiger charge is -2.09. The maximum Gasteiger partial charge on any atom is 0.318 e. The van der Waals surface area contributed by atoms with Gasteiger partial charge in [-0.15, -0.1) is 0 Å². The molecule has 0 aliphatic carbocycles. The van der Waals surface area contributed by atoms with Crippen LogP contribution in [0.2, 0.25) is 0 Å². The molecule has 0 bridgehead atoms. The minimum Gasteiger partial charge on any atom is -0.480 e. The summed E-state index contributed by atoms with van der Waals surface area (Å²) in [7, 11) is 0. The molecule has 1 unspecified atom stereocenters. The Morgan fingerprint density at radius 2 is 2.00 bits per heavy atom. The molecular weight excluding hydrogens is 178 g/mol. The molecule has 0 aliphatic heterocycles. The van der Waals surface area contributed by atoms with E-state index in [4.69, 9.17) is 5.11 Å². The second-order valence-corrected chi connectivity index (χ2v) is 2.35. The zero-order valence-electron chi connectivity index (χ0n) is 7.03. The van der Waals surface area contributed by atoms with Crippen LogP contribution in [0.25, 0.3) is 0 Å². The van der Waals surface area contributed by atoms with Gasteiger partial charge in [-0.25, -0.2) is 4.79 Å². The maximum absolute atomic E-state index is 10.9. The summed E-state index contributed by atoms with van der Waals surface area (Å²) < 4.78 is 0. The van der Waals surface area contributed by atoms with Gasteiger partial charge in [-0.2, -0.15) is 0 Å². The monoisotopic (exact) mass is 189 g/mol. The molecule has 5 N–H and O–H groups in total. The number of carboxylic acids is 1. The van der Waals surface area contributed by atoms with Crippen molar-refractivity contribution >= 4 is 17.9 Å². The van der Waals surface area contributed by atoms with Crippen molar-refractivity contribution in [2.75, 3.05) is 6.54 Å². The Labute approximate surface area is 74.3 Å². The van der Waals surface area contributed by atoms with Crippen LogP contribution in [0.15, 0.2) is 0 Å². The molecule has 0 saturated carbocycles. The van der Waals surface area contributed by atoms with Gasteiger partial charge in [-0.05, 0) is 6.92 Å². The third kappa shape index (κ3) is 5.62. The van der Waals surface area contributed by atoms with Gasteiger partial charge < -0.3 is 10.8 Å². The average molecular weight is 189 g/mol. The van der Waals surface area contributed by atoms with Crippen LogP contribution in [0.1, 0.15) is 6.92 Å². The van der Waals surface area contributed by atoms with E-state index in [-0.39, 0.29) is 6.54 Å². The molecule has 0 aromatic rings. The minimum absolute atomic E-state index is 0.354. The number of hydrogen-bond acceptors (Lipinski definition) is 4. The predicted molar refractivity (Wildman–Crippen MR) is 42.8 cm³/mol. The third-order valence-electron chi connectivity index (χ3n) is 1.20. The molecular formula is C6H11N3O4. The highest BCUT2D eigenvalue weighted by atomic mass is 16.4. The fourth-order valence-electron chi connectivity index (χ4n) is 0.563. The van der Waals surface area contributed by atoms with Crippen molar-refractivity contribution in [2.24, 2.45) is 5.73 Å². The van der Waals surface area contributed by atoms with E-state index < -0.39 is 23.9 Å². The second-order valence-electron chi connectivity index (χ2n) is 2.35. The quantitative estimate of drug-likeness (QED) is 0.417. The molecule has 3 amide bonds. The summed E-state index contributed by atoms with van der Waals surface area (Å²) in [5.41, 5.74) is 4.67. The lowest BCUT2D eigenvalue weighted by atomic mass is 10.3. The van der Waals surface area contributed by atoms with E-state index in [0.717, 1.165) is 0 Å². The summed E-state index contributed by atoms with van der Waals surface area (Å²) in [5.74, 6) is -1.74. The summed E-state index contributed by atoms with van der Waals surface area (Å²) in [6, 6.07) is -1.74. The fourth-order valence-corrected chi connectivity index (χ4v) is 0.563. The SMILES string of the molecule is CC(NCC(=O)O)C(=O)NC(N)=O. The number of amides is 3. The van der Waals surface area contributed by atoms with Gasteiger partial charge in [0.25, 0.3) is 0 Å². The molecule has 0 spiro atoms. The molecule has 74 valence electrons. The summed E-state index contributed by atoms with van der Waals surface area (Å²) >= 11 is 0. The molecule has 0 aromatic carbocycles. The first-order valence-corrected chi connectivity index (χ1v) is 3.49. The lowest BCUT2D eigenvalue weighted by molar-refractivity contribution is -0.136. The number of aliphatic carboxylic acids is 1. The molecule has 13 heavy (non-hydrogen) atoms. The highest BCUT2D eigenvalue weighted by Gasteiger charge is 2.14. The number of nitrogens with one attached hydrogen (secondary N) is 2. The Balaban J connectivity index is 3.82. The van der Waals surface area contributed by atoms with Gasteiger partial charge in [-0.3, -0.25) is 20.2 Å². The molecule has 0 heterocycles.